The Balaban J connectivity index is 1.57. The molecule has 7 nitrogen and oxygen atoms in total. The number of thiocarbonyl (C=S) groups is 1. The number of rotatable bonds is 4. The van der Waals surface area contributed by atoms with Crippen molar-refractivity contribution < 1.29 is 9.53 Å². The normalized spacial score (nSPS) is 22.0. The maximum absolute atomic E-state index is 13.6. The lowest BCUT2D eigenvalue weighted by Gasteiger charge is -2.36. The van der Waals surface area contributed by atoms with Gasteiger partial charge in [0.2, 0.25) is 0 Å². The lowest BCUT2D eigenvalue weighted by molar-refractivity contribution is -0.122. The molecule has 2 fully saturated rings. The van der Waals surface area contributed by atoms with Crippen LogP contribution in [0.4, 0.5) is 5.82 Å². The van der Waals surface area contributed by atoms with Crippen LogP contribution in [0.1, 0.15) is 25.0 Å². The molecule has 2 unspecified atom stereocenters. The minimum absolute atomic E-state index is 0.0172. The van der Waals surface area contributed by atoms with Crippen LogP contribution >= 0.6 is 35.6 Å². The summed E-state index contributed by atoms with van der Waals surface area (Å²) in [5.74, 6) is 0.284. The summed E-state index contributed by atoms with van der Waals surface area (Å²) < 4.78 is 7.79. The van der Waals surface area contributed by atoms with E-state index in [1.165, 1.54) is 21.1 Å². The maximum Gasteiger partial charge on any atom is 0.267 e. The third-order valence-electron chi connectivity index (χ3n) is 5.90. The van der Waals surface area contributed by atoms with E-state index in [2.05, 4.69) is 4.90 Å². The van der Waals surface area contributed by atoms with Gasteiger partial charge in [-0.15, -0.1) is 0 Å². The van der Waals surface area contributed by atoms with E-state index in [1.807, 2.05) is 38.1 Å². The third-order valence-corrected chi connectivity index (χ3v) is 7.65. The molecule has 5 rings (SSSR count). The predicted molar refractivity (Wildman–Crippen MR) is 144 cm³/mol. The molecule has 0 saturated carbocycles. The van der Waals surface area contributed by atoms with Crippen molar-refractivity contribution in [2.75, 3.05) is 18.0 Å². The Morgan fingerprint density at radius 3 is 2.60 bits per heavy atom. The summed E-state index contributed by atoms with van der Waals surface area (Å²) in [6, 6.07) is 12.8. The van der Waals surface area contributed by atoms with E-state index in [9.17, 15) is 9.59 Å². The molecule has 2 saturated heterocycles. The minimum atomic E-state index is -0.257. The number of nitrogens with zero attached hydrogens (tertiary/aromatic N) is 4. The number of benzene rings is 1. The number of thioether (sulfide) groups is 1. The Morgan fingerprint density at radius 1 is 1.14 bits per heavy atom. The number of carbonyl (C=O) groups is 1. The van der Waals surface area contributed by atoms with Crippen molar-refractivity contribution in [3.05, 3.63) is 80.1 Å². The summed E-state index contributed by atoms with van der Waals surface area (Å²) in [7, 11) is 0. The molecule has 10 heteroatoms. The SMILES string of the molecule is CC1CN(c2nc3ccccn3c(=O)c2C=C2SC(=S)N(Cc3ccccc3Cl)C2=O)CC(C)O1. The Kier molecular flexibility index (Phi) is 6.67. The van der Waals surface area contributed by atoms with Crippen LogP contribution in [0.25, 0.3) is 11.7 Å². The van der Waals surface area contributed by atoms with E-state index in [0.717, 1.165) is 5.56 Å². The number of aromatic nitrogens is 2. The van der Waals surface area contributed by atoms with Crippen LogP contribution in [-0.2, 0) is 16.1 Å². The zero-order valence-corrected chi connectivity index (χ0v) is 21.6. The first-order chi connectivity index (χ1) is 16.8. The fourth-order valence-corrected chi connectivity index (χ4v) is 5.81. The highest BCUT2D eigenvalue weighted by Gasteiger charge is 2.34. The first-order valence-corrected chi connectivity index (χ1v) is 12.8. The Bertz CT molecular complexity index is 1410. The number of hydrogen-bond acceptors (Lipinski definition) is 7. The fraction of sp³-hybridized carbons (Fsp3) is 0.280. The van der Waals surface area contributed by atoms with E-state index < -0.39 is 0 Å². The van der Waals surface area contributed by atoms with Crippen molar-refractivity contribution in [2.45, 2.75) is 32.6 Å². The first-order valence-electron chi connectivity index (χ1n) is 11.2. The van der Waals surface area contributed by atoms with Crippen molar-refractivity contribution in [3.63, 3.8) is 0 Å². The molecule has 2 aromatic heterocycles. The molecular weight excluding hydrogens is 504 g/mol. The molecule has 1 aromatic carbocycles. The van der Waals surface area contributed by atoms with Gasteiger partial charge in [-0.1, -0.05) is 59.8 Å². The standard InChI is InChI=1S/C25H23ClN4O3S2/c1-15-12-28(13-16(2)33-15)22-18(23(31)29-10-6-5-9-21(29)27-22)11-20-24(32)30(25(34)35-20)14-17-7-3-4-8-19(17)26/h3-11,15-16H,12-14H2,1-2H3. The van der Waals surface area contributed by atoms with Gasteiger partial charge < -0.3 is 9.64 Å². The maximum atomic E-state index is 13.6. The highest BCUT2D eigenvalue weighted by molar-refractivity contribution is 8.26. The molecule has 3 aromatic rings. The van der Waals surface area contributed by atoms with Crippen LogP contribution in [0.5, 0.6) is 0 Å². The number of hydrogen-bond donors (Lipinski definition) is 0. The Hall–Kier alpha value is -2.72. The highest BCUT2D eigenvalue weighted by Crippen LogP contribution is 2.35. The molecule has 0 bridgehead atoms. The number of halogens is 1. The number of pyridine rings is 1. The van der Waals surface area contributed by atoms with Crippen LogP contribution in [0.2, 0.25) is 5.02 Å². The van der Waals surface area contributed by atoms with Crippen LogP contribution in [0.3, 0.4) is 0 Å². The zero-order chi connectivity index (χ0) is 24.7. The molecule has 4 heterocycles. The minimum Gasteiger partial charge on any atom is -0.372 e. The van der Waals surface area contributed by atoms with Crippen molar-refractivity contribution in [1.29, 1.82) is 0 Å². The van der Waals surface area contributed by atoms with Gasteiger partial charge in [-0.3, -0.25) is 18.9 Å². The van der Waals surface area contributed by atoms with Gasteiger partial charge in [0.05, 0.1) is 29.2 Å². The van der Waals surface area contributed by atoms with Crippen LogP contribution in [0, 0.1) is 0 Å². The van der Waals surface area contributed by atoms with Gasteiger partial charge >= 0.3 is 0 Å². The second kappa shape index (κ2) is 9.73. The molecule has 2 atom stereocenters. The summed E-state index contributed by atoms with van der Waals surface area (Å²) >= 11 is 13.0. The summed E-state index contributed by atoms with van der Waals surface area (Å²) in [6.07, 6.45) is 3.27. The van der Waals surface area contributed by atoms with Gasteiger partial charge in [0, 0.05) is 24.3 Å². The Morgan fingerprint density at radius 2 is 1.86 bits per heavy atom. The topological polar surface area (TPSA) is 67.2 Å². The van der Waals surface area contributed by atoms with E-state index in [4.69, 9.17) is 33.5 Å². The zero-order valence-electron chi connectivity index (χ0n) is 19.2. The van der Waals surface area contributed by atoms with E-state index in [0.29, 0.717) is 44.4 Å². The Labute approximate surface area is 217 Å². The largest absolute Gasteiger partial charge is 0.372 e. The van der Waals surface area contributed by atoms with Crippen molar-refractivity contribution in [2.24, 2.45) is 0 Å². The molecule has 0 N–H and O–H groups in total. The van der Waals surface area contributed by atoms with Gasteiger partial charge in [-0.25, -0.2) is 4.98 Å². The summed E-state index contributed by atoms with van der Waals surface area (Å²) in [6.45, 7) is 5.44. The molecule has 0 aliphatic carbocycles. The molecule has 1 amide bonds. The molecule has 0 spiro atoms. The molecule has 2 aliphatic heterocycles. The molecule has 35 heavy (non-hydrogen) atoms. The fourth-order valence-electron chi connectivity index (χ4n) is 4.37. The van der Waals surface area contributed by atoms with Gasteiger partial charge in [-0.2, -0.15) is 0 Å². The molecule has 2 aliphatic rings. The average molecular weight is 527 g/mol. The monoisotopic (exact) mass is 526 g/mol. The second-order valence-corrected chi connectivity index (χ2v) is 10.7. The second-order valence-electron chi connectivity index (χ2n) is 8.60. The van der Waals surface area contributed by atoms with Gasteiger partial charge in [0.15, 0.2) is 0 Å². The van der Waals surface area contributed by atoms with Crippen LogP contribution < -0.4 is 10.5 Å². The quantitative estimate of drug-likeness (QED) is 0.369. The number of anilines is 1. The average Bonchev–Trinajstić information content (AvgIpc) is 3.09. The molecule has 180 valence electrons. The first kappa shape index (κ1) is 24.0. The number of morpholine rings is 1. The van der Waals surface area contributed by atoms with Crippen molar-refractivity contribution in [3.8, 4) is 0 Å². The molecular formula is C25H23ClN4O3S2. The van der Waals surface area contributed by atoms with E-state index >= 15 is 0 Å². The number of carbonyl (C=O) groups excluding carboxylic acids is 1. The third kappa shape index (κ3) is 4.73. The van der Waals surface area contributed by atoms with Gasteiger partial charge in [0.25, 0.3) is 11.5 Å². The number of ether oxygens (including phenoxy) is 1. The highest BCUT2D eigenvalue weighted by atomic mass is 35.5. The van der Waals surface area contributed by atoms with Crippen LogP contribution in [0.15, 0.2) is 58.4 Å². The number of amides is 1. The lowest BCUT2D eigenvalue weighted by atomic mass is 10.1. The number of fused-ring (bicyclic) bond motifs is 1. The van der Waals surface area contributed by atoms with Crippen LogP contribution in [-0.4, -0.2) is 49.8 Å². The smallest absolute Gasteiger partial charge is 0.267 e. The van der Waals surface area contributed by atoms with E-state index in [1.54, 1.807) is 30.5 Å². The van der Waals surface area contributed by atoms with E-state index in [-0.39, 0.29) is 30.2 Å². The van der Waals surface area contributed by atoms with Gasteiger partial charge in [-0.05, 0) is 43.7 Å². The summed E-state index contributed by atoms with van der Waals surface area (Å²) in [4.78, 5) is 35.7. The van der Waals surface area contributed by atoms with Gasteiger partial charge in [0.1, 0.15) is 15.8 Å². The summed E-state index contributed by atoms with van der Waals surface area (Å²) in [5, 5.41) is 0.570. The van der Waals surface area contributed by atoms with Crippen molar-refractivity contribution in [1.82, 2.24) is 14.3 Å². The van der Waals surface area contributed by atoms with Crippen molar-refractivity contribution >= 4 is 63.3 Å². The predicted octanol–water partition coefficient (Wildman–Crippen LogP) is 4.36. The molecule has 0 radical (unpaired) electrons. The summed E-state index contributed by atoms with van der Waals surface area (Å²) in [5.41, 5.74) is 1.46. The lowest BCUT2D eigenvalue weighted by Crippen LogP contribution is -2.46.